The van der Waals surface area contributed by atoms with Crippen LogP contribution in [0.2, 0.25) is 0 Å². The number of hydrogen-bond acceptors (Lipinski definition) is 2. The number of nitrogens with two attached hydrogens (primary N) is 1. The first kappa shape index (κ1) is 8.10. The van der Waals surface area contributed by atoms with Gasteiger partial charge in [-0.2, -0.15) is 0 Å². The molecule has 13 heavy (non-hydrogen) atoms. The summed E-state index contributed by atoms with van der Waals surface area (Å²) in [5.74, 6) is -0.0724. The molecule has 0 radical (unpaired) electrons. The van der Waals surface area contributed by atoms with Gasteiger partial charge in [-0.25, -0.2) is 0 Å². The van der Waals surface area contributed by atoms with Crippen LogP contribution in [-0.4, -0.2) is 11.0 Å². The highest BCUT2D eigenvalue weighted by Crippen LogP contribution is 2.44. The first-order chi connectivity index (χ1) is 6.20. The van der Waals surface area contributed by atoms with Crippen LogP contribution in [0.5, 0.6) is 5.75 Å². The first-order valence-electron chi connectivity index (χ1n) is 4.32. The minimum Gasteiger partial charge on any atom is -0.507 e. The lowest BCUT2D eigenvalue weighted by atomic mass is 10.0. The summed E-state index contributed by atoms with van der Waals surface area (Å²) in [6, 6.07) is 5.15. The lowest BCUT2D eigenvalue weighted by Crippen LogP contribution is -2.11. The predicted molar refractivity (Wildman–Crippen MR) is 48.6 cm³/mol. The van der Waals surface area contributed by atoms with Crippen LogP contribution in [0, 0.1) is 0 Å². The van der Waals surface area contributed by atoms with Crippen molar-refractivity contribution in [2.45, 2.75) is 18.8 Å². The van der Waals surface area contributed by atoms with Gasteiger partial charge in [-0.3, -0.25) is 4.79 Å². The summed E-state index contributed by atoms with van der Waals surface area (Å²) in [5, 5.41) is 9.67. The van der Waals surface area contributed by atoms with E-state index in [-0.39, 0.29) is 11.3 Å². The van der Waals surface area contributed by atoms with Crippen LogP contribution in [0.3, 0.4) is 0 Å². The zero-order valence-corrected chi connectivity index (χ0v) is 7.16. The molecular weight excluding hydrogens is 166 g/mol. The van der Waals surface area contributed by atoms with E-state index in [4.69, 9.17) is 5.73 Å². The molecule has 1 aromatic carbocycles. The number of primary amides is 1. The molecule has 0 saturated heterocycles. The Labute approximate surface area is 76.2 Å². The van der Waals surface area contributed by atoms with E-state index >= 15 is 0 Å². The van der Waals surface area contributed by atoms with Crippen molar-refractivity contribution in [2.24, 2.45) is 5.73 Å². The SMILES string of the molecule is NC(=O)c1cccc(C2CC2)c1O. The fraction of sp³-hybridized carbons (Fsp3) is 0.300. The van der Waals surface area contributed by atoms with Gasteiger partial charge >= 0.3 is 0 Å². The molecule has 3 nitrogen and oxygen atoms in total. The average molecular weight is 177 g/mol. The fourth-order valence-electron chi connectivity index (χ4n) is 1.48. The topological polar surface area (TPSA) is 63.3 Å². The van der Waals surface area contributed by atoms with Gasteiger partial charge in [-0.15, -0.1) is 0 Å². The molecule has 3 heteroatoms. The predicted octanol–water partition coefficient (Wildman–Crippen LogP) is 1.37. The van der Waals surface area contributed by atoms with Crippen molar-refractivity contribution in [1.82, 2.24) is 0 Å². The second kappa shape index (κ2) is 2.76. The molecule has 0 atom stereocenters. The van der Waals surface area contributed by atoms with Gasteiger partial charge in [0.2, 0.25) is 0 Å². The van der Waals surface area contributed by atoms with E-state index in [1.165, 1.54) is 0 Å². The summed E-state index contributed by atoms with van der Waals surface area (Å²) >= 11 is 0. The fourth-order valence-corrected chi connectivity index (χ4v) is 1.48. The van der Waals surface area contributed by atoms with E-state index in [2.05, 4.69) is 0 Å². The van der Waals surface area contributed by atoms with Gasteiger partial charge in [0.1, 0.15) is 5.75 Å². The van der Waals surface area contributed by atoms with E-state index in [0.717, 1.165) is 18.4 Å². The minimum atomic E-state index is -0.569. The van der Waals surface area contributed by atoms with E-state index in [9.17, 15) is 9.90 Å². The number of phenols is 1. The molecule has 1 amide bonds. The Morgan fingerprint density at radius 3 is 2.69 bits per heavy atom. The second-order valence-corrected chi connectivity index (χ2v) is 3.38. The highest BCUT2D eigenvalue weighted by Gasteiger charge is 2.27. The number of carbonyl (C=O) groups is 1. The number of benzene rings is 1. The second-order valence-electron chi connectivity index (χ2n) is 3.38. The molecule has 2 rings (SSSR count). The van der Waals surface area contributed by atoms with Crippen LogP contribution in [0.1, 0.15) is 34.7 Å². The maximum atomic E-state index is 10.9. The summed E-state index contributed by atoms with van der Waals surface area (Å²) in [6.07, 6.45) is 2.19. The molecular formula is C10H11NO2. The highest BCUT2D eigenvalue weighted by molar-refractivity contribution is 5.96. The molecule has 0 aliphatic heterocycles. The Hall–Kier alpha value is -1.51. The highest BCUT2D eigenvalue weighted by atomic mass is 16.3. The number of amides is 1. The Morgan fingerprint density at radius 1 is 1.46 bits per heavy atom. The minimum absolute atomic E-state index is 0.0671. The Bertz CT molecular complexity index is 356. The maximum absolute atomic E-state index is 10.9. The first-order valence-corrected chi connectivity index (χ1v) is 4.32. The van der Waals surface area contributed by atoms with Crippen LogP contribution < -0.4 is 5.73 Å². The van der Waals surface area contributed by atoms with Gasteiger partial charge in [-0.1, -0.05) is 12.1 Å². The molecule has 1 aromatic rings. The van der Waals surface area contributed by atoms with Gasteiger partial charge in [0.05, 0.1) is 5.56 Å². The van der Waals surface area contributed by atoms with Crippen molar-refractivity contribution in [3.8, 4) is 5.75 Å². The third kappa shape index (κ3) is 1.37. The van der Waals surface area contributed by atoms with Gasteiger partial charge < -0.3 is 10.8 Å². The van der Waals surface area contributed by atoms with Crippen molar-refractivity contribution in [1.29, 1.82) is 0 Å². The molecule has 3 N–H and O–H groups in total. The molecule has 68 valence electrons. The van der Waals surface area contributed by atoms with Crippen LogP contribution in [0.4, 0.5) is 0 Å². The smallest absolute Gasteiger partial charge is 0.252 e. The van der Waals surface area contributed by atoms with Crippen LogP contribution in [-0.2, 0) is 0 Å². The van der Waals surface area contributed by atoms with Crippen LogP contribution in [0.25, 0.3) is 0 Å². The lowest BCUT2D eigenvalue weighted by Gasteiger charge is -2.05. The van der Waals surface area contributed by atoms with Crippen molar-refractivity contribution in [3.63, 3.8) is 0 Å². The van der Waals surface area contributed by atoms with Crippen molar-refractivity contribution in [3.05, 3.63) is 29.3 Å². The average Bonchev–Trinajstić information content (AvgIpc) is 2.87. The summed E-state index contributed by atoms with van der Waals surface area (Å²) in [4.78, 5) is 10.9. The zero-order valence-electron chi connectivity index (χ0n) is 7.16. The molecule has 1 aliphatic carbocycles. The molecule has 0 bridgehead atoms. The van der Waals surface area contributed by atoms with Crippen molar-refractivity contribution in [2.75, 3.05) is 0 Å². The molecule has 1 fully saturated rings. The molecule has 0 aromatic heterocycles. The molecule has 0 heterocycles. The summed E-state index contributed by atoms with van der Waals surface area (Å²) in [6.45, 7) is 0. The number of carbonyl (C=O) groups excluding carboxylic acids is 1. The van der Waals surface area contributed by atoms with Gasteiger partial charge in [-0.05, 0) is 30.4 Å². The number of hydrogen-bond donors (Lipinski definition) is 2. The summed E-state index contributed by atoms with van der Waals surface area (Å²) in [7, 11) is 0. The zero-order chi connectivity index (χ0) is 9.42. The lowest BCUT2D eigenvalue weighted by molar-refractivity contribution is 0.0997. The maximum Gasteiger partial charge on any atom is 0.252 e. The van der Waals surface area contributed by atoms with Crippen LogP contribution >= 0.6 is 0 Å². The number of rotatable bonds is 2. The van der Waals surface area contributed by atoms with Gasteiger partial charge in [0.25, 0.3) is 5.91 Å². The summed E-state index contributed by atoms with van der Waals surface area (Å²) < 4.78 is 0. The monoisotopic (exact) mass is 177 g/mol. The molecule has 1 aliphatic rings. The molecule has 1 saturated carbocycles. The largest absolute Gasteiger partial charge is 0.507 e. The van der Waals surface area contributed by atoms with Crippen molar-refractivity contribution < 1.29 is 9.90 Å². The molecule has 0 unspecified atom stereocenters. The summed E-state index contributed by atoms with van der Waals surface area (Å²) in [5.41, 5.74) is 6.19. The standard InChI is InChI=1S/C10H11NO2/c11-10(13)8-3-1-2-7(9(8)12)6-4-5-6/h1-3,6,12H,4-5H2,(H2,11,13). The Balaban J connectivity index is 2.47. The molecule has 0 spiro atoms. The van der Waals surface area contributed by atoms with Crippen LogP contribution in [0.15, 0.2) is 18.2 Å². The number of aromatic hydroxyl groups is 1. The van der Waals surface area contributed by atoms with Gasteiger partial charge in [0.15, 0.2) is 0 Å². The van der Waals surface area contributed by atoms with Crippen molar-refractivity contribution >= 4 is 5.91 Å². The third-order valence-electron chi connectivity index (χ3n) is 2.35. The Kier molecular flexibility index (Phi) is 1.72. The normalized spacial score (nSPS) is 15.7. The quantitative estimate of drug-likeness (QED) is 0.716. The van der Waals surface area contributed by atoms with E-state index in [1.807, 2.05) is 6.07 Å². The van der Waals surface area contributed by atoms with E-state index < -0.39 is 5.91 Å². The van der Waals surface area contributed by atoms with Gasteiger partial charge in [0, 0.05) is 0 Å². The Morgan fingerprint density at radius 2 is 2.15 bits per heavy atom. The van der Waals surface area contributed by atoms with E-state index in [1.54, 1.807) is 12.1 Å². The third-order valence-corrected chi connectivity index (χ3v) is 2.35. The van der Waals surface area contributed by atoms with E-state index in [0.29, 0.717) is 5.92 Å². The number of para-hydroxylation sites is 1.